The monoisotopic (exact) mass is 180 g/mol. The maximum absolute atomic E-state index is 4.68. The van der Waals surface area contributed by atoms with Crippen molar-refractivity contribution in [2.45, 2.75) is 6.17 Å². The molecule has 0 unspecified atom stereocenters. The molecule has 0 bridgehead atoms. The van der Waals surface area contributed by atoms with Crippen LogP contribution in [0, 0.1) is 0 Å². The van der Waals surface area contributed by atoms with Gasteiger partial charge in [-0.15, -0.1) is 0 Å². The van der Waals surface area contributed by atoms with Gasteiger partial charge in [-0.2, -0.15) is 0 Å². The lowest BCUT2D eigenvalue weighted by Gasteiger charge is -1.75. The van der Waals surface area contributed by atoms with Gasteiger partial charge in [-0.05, 0) is 0 Å². The maximum Gasteiger partial charge on any atom is 0.168 e. The summed E-state index contributed by atoms with van der Waals surface area (Å²) in [5.74, 6) is 0. The quantitative estimate of drug-likeness (QED) is 0.666. The summed E-state index contributed by atoms with van der Waals surface area (Å²) >= 11 is 4.68. The van der Waals surface area contributed by atoms with Crippen LogP contribution in [0.15, 0.2) is 31.1 Å². The molecule has 0 aromatic carbocycles. The Morgan fingerprint density at radius 2 is 2.17 bits per heavy atom. The summed E-state index contributed by atoms with van der Waals surface area (Å²) in [4.78, 5) is 6.42. The fraction of sp³-hybridized carbons (Fsp3) is 0.143. The van der Waals surface area contributed by atoms with Crippen molar-refractivity contribution in [2.24, 2.45) is 0 Å². The van der Waals surface area contributed by atoms with Gasteiger partial charge >= 0.3 is 0 Å². The molecule has 5 heteroatoms. The highest BCUT2D eigenvalue weighted by molar-refractivity contribution is 7.79. The Hall–Kier alpha value is -1.36. The van der Waals surface area contributed by atoms with E-state index >= 15 is 0 Å². The maximum atomic E-state index is 4.68. The van der Waals surface area contributed by atoms with Gasteiger partial charge in [0.1, 0.15) is 0 Å². The van der Waals surface area contributed by atoms with Crippen LogP contribution in [-0.4, -0.2) is 24.7 Å². The van der Waals surface area contributed by atoms with Crippen molar-refractivity contribution >= 4 is 17.6 Å². The zero-order valence-electron chi connectivity index (χ0n) is 6.29. The number of hydrogen-bond acceptors (Lipinski definition) is 2. The number of imidazole rings is 1. The molecule has 0 saturated carbocycles. The molecule has 3 heterocycles. The van der Waals surface area contributed by atoms with E-state index in [9.17, 15) is 0 Å². The smallest absolute Gasteiger partial charge is 0.168 e. The normalized spacial score (nSPS) is 13.0. The molecule has 0 saturated heterocycles. The summed E-state index contributed by atoms with van der Waals surface area (Å²) in [5, 5.41) is 1.75. The first-order valence-electron chi connectivity index (χ1n) is 3.56. The molecule has 0 amide bonds. The van der Waals surface area contributed by atoms with Crippen LogP contribution in [0.5, 0.6) is 0 Å². The molecule has 2 aromatic rings. The van der Waals surface area contributed by atoms with Crippen molar-refractivity contribution in [2.75, 3.05) is 0 Å². The number of thiocarbonyl (C=S) groups is 1. The Balaban J connectivity index is 0.000000100. The molecule has 0 radical (unpaired) electrons. The predicted molar refractivity (Wildman–Crippen MR) is 49.1 cm³/mol. The number of hydrogen-bond donors (Lipinski definition) is 1. The van der Waals surface area contributed by atoms with Crippen molar-refractivity contribution in [1.29, 1.82) is 0 Å². The summed E-state index contributed by atoms with van der Waals surface area (Å²) in [6.45, 7) is 0. The molecule has 0 aliphatic carbocycles. The molecule has 2 aromatic heterocycles. The van der Waals surface area contributed by atoms with Gasteiger partial charge in [-0.3, -0.25) is 9.36 Å². The van der Waals surface area contributed by atoms with Crippen molar-refractivity contribution in [3.63, 3.8) is 0 Å². The first kappa shape index (κ1) is 7.30. The average molecular weight is 180 g/mol. The largest absolute Gasteiger partial charge is 0.351 e. The highest BCUT2D eigenvalue weighted by atomic mass is 32.1. The zero-order valence-corrected chi connectivity index (χ0v) is 7.11. The van der Waals surface area contributed by atoms with E-state index < -0.39 is 0 Å². The lowest BCUT2D eigenvalue weighted by molar-refractivity contribution is 0.962. The van der Waals surface area contributed by atoms with Crippen LogP contribution in [0.25, 0.3) is 0 Å². The van der Waals surface area contributed by atoms with Crippen LogP contribution >= 0.6 is 12.2 Å². The number of aromatic nitrogens is 4. The first-order valence-corrected chi connectivity index (χ1v) is 4.03. The molecular weight excluding hydrogens is 172 g/mol. The molecule has 3 rings (SSSR count). The average Bonchev–Trinajstić information content (AvgIpc) is 2.55. The minimum atomic E-state index is 0.426. The van der Waals surface area contributed by atoms with E-state index in [0.29, 0.717) is 6.17 Å². The Morgan fingerprint density at radius 1 is 1.42 bits per heavy atom. The number of nitrogens with one attached hydrogen (secondary N) is 1. The molecule has 1 aliphatic rings. The first-order chi connectivity index (χ1) is 5.93. The fourth-order valence-electron chi connectivity index (χ4n) is 0.950. The molecule has 12 heavy (non-hydrogen) atoms. The van der Waals surface area contributed by atoms with Crippen molar-refractivity contribution < 1.29 is 0 Å². The number of nitrogens with zero attached hydrogens (tertiary/aromatic N) is 3. The molecule has 1 N–H and O–H groups in total. The third-order valence-electron chi connectivity index (χ3n) is 1.65. The Bertz CT molecular complexity index is 310. The van der Waals surface area contributed by atoms with Gasteiger partial charge in [-0.25, -0.2) is 4.98 Å². The minimum Gasteiger partial charge on any atom is -0.351 e. The van der Waals surface area contributed by atoms with E-state index in [1.807, 2.05) is 12.4 Å². The molecule has 1 aliphatic heterocycles. The van der Waals surface area contributed by atoms with Crippen molar-refractivity contribution in [1.82, 2.24) is 19.3 Å². The Kier molecular flexibility index (Phi) is 1.79. The topological polar surface area (TPSA) is 38.5 Å². The molecule has 4 nitrogen and oxygen atoms in total. The lowest BCUT2D eigenvalue weighted by atomic mass is 10.7. The van der Waals surface area contributed by atoms with Crippen LogP contribution in [0.2, 0.25) is 0 Å². The van der Waals surface area contributed by atoms with Crippen molar-refractivity contribution in [3.8, 4) is 0 Å². The van der Waals surface area contributed by atoms with E-state index in [4.69, 9.17) is 0 Å². The van der Waals surface area contributed by atoms with Crippen LogP contribution in [0.4, 0.5) is 0 Å². The molecular formula is C7H8N4S. The summed E-state index contributed by atoms with van der Waals surface area (Å²) < 4.78 is 4.12. The molecule has 62 valence electrons. The number of H-pyrrole nitrogens is 1. The second kappa shape index (κ2) is 2.94. The second-order valence-electron chi connectivity index (χ2n) is 2.37. The third kappa shape index (κ3) is 1.18. The van der Waals surface area contributed by atoms with Crippen molar-refractivity contribution in [3.05, 3.63) is 31.1 Å². The van der Waals surface area contributed by atoms with Crippen LogP contribution in [0.1, 0.15) is 6.17 Å². The van der Waals surface area contributed by atoms with Crippen LogP contribution in [-0.2, 0) is 0 Å². The van der Waals surface area contributed by atoms with Crippen LogP contribution in [0.3, 0.4) is 0 Å². The third-order valence-corrected chi connectivity index (χ3v) is 1.90. The molecule has 0 fully saturated rings. The zero-order chi connectivity index (χ0) is 8.39. The van der Waals surface area contributed by atoms with E-state index in [0.717, 1.165) is 0 Å². The summed E-state index contributed by atoms with van der Waals surface area (Å²) in [5.41, 5.74) is 0. The predicted octanol–water partition coefficient (Wildman–Crippen LogP) is 1.06. The summed E-state index contributed by atoms with van der Waals surface area (Å²) in [7, 11) is 0. The van der Waals surface area contributed by atoms with Crippen LogP contribution < -0.4 is 0 Å². The summed E-state index contributed by atoms with van der Waals surface area (Å²) in [6, 6.07) is 0. The number of rotatable bonds is 1. The summed E-state index contributed by atoms with van der Waals surface area (Å²) in [6.07, 6.45) is 9.52. The van der Waals surface area contributed by atoms with Gasteiger partial charge < -0.3 is 4.98 Å². The highest BCUT2D eigenvalue weighted by Gasteiger charge is 2.27. The van der Waals surface area contributed by atoms with E-state index in [1.54, 1.807) is 24.1 Å². The minimum absolute atomic E-state index is 0.426. The second-order valence-corrected chi connectivity index (χ2v) is 2.64. The number of fused-ring (bicyclic) bond motifs is 1. The van der Waals surface area contributed by atoms with Gasteiger partial charge in [-0.1, -0.05) is 12.2 Å². The molecule has 0 spiro atoms. The fourth-order valence-corrected chi connectivity index (χ4v) is 1.20. The lowest BCUT2D eigenvalue weighted by Crippen LogP contribution is -1.75. The van der Waals surface area contributed by atoms with E-state index in [2.05, 4.69) is 31.5 Å². The highest BCUT2D eigenvalue weighted by Crippen LogP contribution is 2.23. The standard InChI is InChI=1S/C4H4N2S.C3H4N2/c7-3-4-5-1-2-6(4)5;1-2-5-3-4-1/h1-4H;1-3H,(H,4,5). The van der Waals surface area contributed by atoms with Gasteiger partial charge in [0.25, 0.3) is 0 Å². The number of aromatic amines is 1. The van der Waals surface area contributed by atoms with Gasteiger partial charge in [0.05, 0.1) is 6.33 Å². The van der Waals surface area contributed by atoms with Gasteiger partial charge in [0.15, 0.2) is 6.17 Å². The van der Waals surface area contributed by atoms with E-state index in [-0.39, 0.29) is 0 Å². The Morgan fingerprint density at radius 3 is 2.33 bits per heavy atom. The van der Waals surface area contributed by atoms with E-state index in [1.165, 1.54) is 0 Å². The van der Waals surface area contributed by atoms with Gasteiger partial charge in [0, 0.05) is 30.2 Å². The molecule has 0 atom stereocenters. The van der Waals surface area contributed by atoms with Gasteiger partial charge in [0.2, 0.25) is 0 Å². The Labute approximate surface area is 74.8 Å². The SMILES string of the molecule is S=CC1n2ccn21.c1c[nH]cn1.